The second-order valence-corrected chi connectivity index (χ2v) is 4.54. The molecule has 0 bridgehead atoms. The molecule has 7 nitrogen and oxygen atoms in total. The maximum atomic E-state index is 12.1. The molecule has 0 aromatic carbocycles. The molecule has 1 saturated heterocycles. The molecule has 2 rings (SSSR count). The van der Waals surface area contributed by atoms with Gasteiger partial charge in [-0.15, -0.1) is 0 Å². The van der Waals surface area contributed by atoms with Crippen molar-refractivity contribution in [1.29, 1.82) is 0 Å². The second-order valence-electron chi connectivity index (χ2n) is 4.54. The van der Waals surface area contributed by atoms with Crippen molar-refractivity contribution in [2.45, 2.75) is 19.0 Å². The molecule has 1 atom stereocenters. The lowest BCUT2D eigenvalue weighted by Crippen LogP contribution is -2.36. The van der Waals surface area contributed by atoms with Gasteiger partial charge in [0.15, 0.2) is 0 Å². The van der Waals surface area contributed by atoms with Gasteiger partial charge in [0.2, 0.25) is 0 Å². The number of hydrogen-bond donors (Lipinski definition) is 3. The van der Waals surface area contributed by atoms with Crippen LogP contribution in [-0.2, 0) is 11.3 Å². The number of pyridine rings is 1. The maximum Gasteiger partial charge on any atom is 0.407 e. The molecule has 1 aromatic heterocycles. The Morgan fingerprint density at radius 1 is 1.55 bits per heavy atom. The van der Waals surface area contributed by atoms with Crippen molar-refractivity contribution < 1.29 is 14.3 Å². The summed E-state index contributed by atoms with van der Waals surface area (Å²) in [5, 5.41) is 8.67. The first-order chi connectivity index (χ1) is 9.69. The highest BCUT2D eigenvalue weighted by atomic mass is 16.5. The first-order valence-corrected chi connectivity index (χ1v) is 6.47. The smallest absolute Gasteiger partial charge is 0.407 e. The summed E-state index contributed by atoms with van der Waals surface area (Å²) in [5.74, 6) is -0.125. The Kier molecular flexibility index (Phi) is 4.89. The fraction of sp³-hybridized carbons (Fsp3) is 0.462. The largest absolute Gasteiger partial charge is 0.453 e. The number of carbonyl (C=O) groups excluding carboxylic acids is 2. The number of aromatic nitrogens is 1. The summed E-state index contributed by atoms with van der Waals surface area (Å²) in [5.41, 5.74) is 1.14. The molecule has 0 saturated carbocycles. The highest BCUT2D eigenvalue weighted by Crippen LogP contribution is 2.04. The summed E-state index contributed by atoms with van der Waals surface area (Å²) >= 11 is 0. The topological polar surface area (TPSA) is 92.3 Å². The molecule has 7 heteroatoms. The fourth-order valence-electron chi connectivity index (χ4n) is 2.00. The molecule has 0 spiro atoms. The SMILES string of the molecule is COC(=O)NCc1cc(C(=O)NC2CCNC2)ccn1. The van der Waals surface area contributed by atoms with Crippen LogP contribution in [0.1, 0.15) is 22.5 Å². The zero-order valence-electron chi connectivity index (χ0n) is 11.3. The van der Waals surface area contributed by atoms with E-state index >= 15 is 0 Å². The number of alkyl carbamates (subject to hydrolysis) is 1. The predicted octanol–water partition coefficient (Wildman–Crippen LogP) is 0.0293. The molecule has 0 aliphatic carbocycles. The third kappa shape index (κ3) is 3.92. The van der Waals surface area contributed by atoms with Gasteiger partial charge in [0.05, 0.1) is 19.3 Å². The highest BCUT2D eigenvalue weighted by Gasteiger charge is 2.17. The number of rotatable bonds is 4. The lowest BCUT2D eigenvalue weighted by molar-refractivity contribution is 0.0940. The first-order valence-electron chi connectivity index (χ1n) is 6.47. The van der Waals surface area contributed by atoms with Gasteiger partial charge in [0.25, 0.3) is 5.91 Å². The van der Waals surface area contributed by atoms with E-state index in [4.69, 9.17) is 0 Å². The first kappa shape index (κ1) is 14.3. The molecule has 1 aromatic rings. The quantitative estimate of drug-likeness (QED) is 0.722. The Bertz CT molecular complexity index is 486. The minimum Gasteiger partial charge on any atom is -0.453 e. The molecule has 108 valence electrons. The number of carbonyl (C=O) groups is 2. The average molecular weight is 278 g/mol. The summed E-state index contributed by atoms with van der Waals surface area (Å²) in [6.07, 6.45) is 1.96. The van der Waals surface area contributed by atoms with Crippen LogP contribution in [0.15, 0.2) is 18.3 Å². The molecule has 1 aliphatic heterocycles. The molecular formula is C13H18N4O3. The van der Waals surface area contributed by atoms with Crippen LogP contribution in [0.2, 0.25) is 0 Å². The minimum atomic E-state index is -0.529. The van der Waals surface area contributed by atoms with E-state index in [9.17, 15) is 9.59 Å². The van der Waals surface area contributed by atoms with Gasteiger partial charge in [0, 0.05) is 24.3 Å². The van der Waals surface area contributed by atoms with Gasteiger partial charge in [-0.1, -0.05) is 0 Å². The van der Waals surface area contributed by atoms with Gasteiger partial charge < -0.3 is 20.7 Å². The Morgan fingerprint density at radius 3 is 3.10 bits per heavy atom. The second kappa shape index (κ2) is 6.85. The van der Waals surface area contributed by atoms with E-state index in [1.54, 1.807) is 18.3 Å². The van der Waals surface area contributed by atoms with Gasteiger partial charge in [0.1, 0.15) is 0 Å². The van der Waals surface area contributed by atoms with Crippen LogP contribution in [0, 0.1) is 0 Å². The van der Waals surface area contributed by atoms with E-state index in [-0.39, 0.29) is 18.5 Å². The van der Waals surface area contributed by atoms with E-state index in [2.05, 4.69) is 25.7 Å². The number of hydrogen-bond acceptors (Lipinski definition) is 5. The highest BCUT2D eigenvalue weighted by molar-refractivity contribution is 5.94. The van der Waals surface area contributed by atoms with Crippen LogP contribution in [0.4, 0.5) is 4.79 Å². The van der Waals surface area contributed by atoms with E-state index < -0.39 is 6.09 Å². The molecule has 0 radical (unpaired) electrons. The summed E-state index contributed by atoms with van der Waals surface area (Å²) < 4.78 is 4.47. The van der Waals surface area contributed by atoms with Crippen LogP contribution in [0.25, 0.3) is 0 Å². The van der Waals surface area contributed by atoms with E-state index in [1.807, 2.05) is 0 Å². The van der Waals surface area contributed by atoms with Gasteiger partial charge in [-0.3, -0.25) is 9.78 Å². The summed E-state index contributed by atoms with van der Waals surface area (Å²) in [4.78, 5) is 27.2. The Labute approximate surface area is 117 Å². The number of nitrogens with one attached hydrogen (secondary N) is 3. The maximum absolute atomic E-state index is 12.1. The average Bonchev–Trinajstić information content (AvgIpc) is 2.98. The predicted molar refractivity (Wildman–Crippen MR) is 72.2 cm³/mol. The molecule has 2 amide bonds. The third-order valence-electron chi connectivity index (χ3n) is 3.07. The molecule has 1 unspecified atom stereocenters. The van der Waals surface area contributed by atoms with Crippen LogP contribution < -0.4 is 16.0 Å². The summed E-state index contributed by atoms with van der Waals surface area (Å²) in [7, 11) is 1.29. The Hall–Kier alpha value is -2.15. The van der Waals surface area contributed by atoms with Gasteiger partial charge in [-0.2, -0.15) is 0 Å². The molecule has 20 heavy (non-hydrogen) atoms. The van der Waals surface area contributed by atoms with Crippen LogP contribution in [-0.4, -0.2) is 43.2 Å². The lowest BCUT2D eigenvalue weighted by Gasteiger charge is -2.11. The molecule has 1 fully saturated rings. The standard InChI is InChI=1S/C13H18N4O3/c1-20-13(19)16-8-11-6-9(2-5-15-11)12(18)17-10-3-4-14-7-10/h2,5-6,10,14H,3-4,7-8H2,1H3,(H,16,19)(H,17,18). The lowest BCUT2D eigenvalue weighted by atomic mass is 10.2. The van der Waals surface area contributed by atoms with E-state index in [1.165, 1.54) is 7.11 Å². The van der Waals surface area contributed by atoms with Crippen molar-refractivity contribution in [3.05, 3.63) is 29.6 Å². The van der Waals surface area contributed by atoms with Gasteiger partial charge in [-0.05, 0) is 25.1 Å². The van der Waals surface area contributed by atoms with Gasteiger partial charge in [-0.25, -0.2) is 4.79 Å². The summed E-state index contributed by atoms with van der Waals surface area (Å²) in [6, 6.07) is 3.49. The molecule has 1 aliphatic rings. The van der Waals surface area contributed by atoms with Crippen molar-refractivity contribution in [3.8, 4) is 0 Å². The van der Waals surface area contributed by atoms with Crippen molar-refractivity contribution in [2.75, 3.05) is 20.2 Å². The number of amides is 2. The Morgan fingerprint density at radius 2 is 2.40 bits per heavy atom. The van der Waals surface area contributed by atoms with Crippen molar-refractivity contribution in [3.63, 3.8) is 0 Å². The van der Waals surface area contributed by atoms with Crippen molar-refractivity contribution in [2.24, 2.45) is 0 Å². The van der Waals surface area contributed by atoms with E-state index in [0.29, 0.717) is 11.3 Å². The minimum absolute atomic E-state index is 0.125. The van der Waals surface area contributed by atoms with Crippen molar-refractivity contribution in [1.82, 2.24) is 20.9 Å². The van der Waals surface area contributed by atoms with Gasteiger partial charge >= 0.3 is 6.09 Å². The normalized spacial score (nSPS) is 17.6. The molecule has 3 N–H and O–H groups in total. The fourth-order valence-corrected chi connectivity index (χ4v) is 2.00. The zero-order valence-corrected chi connectivity index (χ0v) is 11.3. The summed E-state index contributed by atoms with van der Waals surface area (Å²) in [6.45, 7) is 1.95. The Balaban J connectivity index is 1.93. The van der Waals surface area contributed by atoms with E-state index in [0.717, 1.165) is 19.5 Å². The number of ether oxygens (including phenoxy) is 1. The van der Waals surface area contributed by atoms with Crippen molar-refractivity contribution >= 4 is 12.0 Å². The number of methoxy groups -OCH3 is 1. The van der Waals surface area contributed by atoms with Crippen LogP contribution in [0.3, 0.4) is 0 Å². The molecule has 2 heterocycles. The zero-order chi connectivity index (χ0) is 14.4. The monoisotopic (exact) mass is 278 g/mol. The van der Waals surface area contributed by atoms with Crippen LogP contribution in [0.5, 0.6) is 0 Å². The third-order valence-corrected chi connectivity index (χ3v) is 3.07. The van der Waals surface area contributed by atoms with Crippen LogP contribution >= 0.6 is 0 Å². The number of nitrogens with zero attached hydrogens (tertiary/aromatic N) is 1. The molecular weight excluding hydrogens is 260 g/mol.